The Morgan fingerprint density at radius 1 is 1.00 bits per heavy atom. The molecule has 2 aromatic rings. The van der Waals surface area contributed by atoms with E-state index in [1.807, 2.05) is 0 Å². The monoisotopic (exact) mass is 332 g/mol. The van der Waals surface area contributed by atoms with Gasteiger partial charge in [0.1, 0.15) is 0 Å². The van der Waals surface area contributed by atoms with E-state index in [9.17, 15) is 13.2 Å². The fraction of sp³-hybridized carbons (Fsp3) is 0.118. The van der Waals surface area contributed by atoms with E-state index < -0.39 is 9.84 Å². The Kier molecular flexibility index (Phi) is 3.67. The number of Topliss-reactive ketones (excluding diaryl/α,β-unsaturated/α-hetero) is 1. The van der Waals surface area contributed by atoms with Gasteiger partial charge in [0, 0.05) is 22.6 Å². The average molecular weight is 333 g/mol. The molecule has 0 saturated heterocycles. The highest BCUT2D eigenvalue weighted by Gasteiger charge is 2.34. The lowest BCUT2D eigenvalue weighted by Gasteiger charge is -2.20. The Balaban J connectivity index is 2.12. The summed E-state index contributed by atoms with van der Waals surface area (Å²) >= 11 is 5.85. The molecule has 0 unspecified atom stereocenters. The molecule has 5 heteroatoms. The molecule has 0 radical (unpaired) electrons. The molecule has 0 aromatic heterocycles. The van der Waals surface area contributed by atoms with Gasteiger partial charge >= 0.3 is 0 Å². The number of hydrogen-bond donors (Lipinski definition) is 0. The molecule has 3 rings (SSSR count). The minimum absolute atomic E-state index is 0.0948. The molecule has 0 aliphatic carbocycles. The lowest BCUT2D eigenvalue weighted by molar-refractivity contribution is 0.102. The average Bonchev–Trinajstić information content (AvgIpc) is 2.52. The maximum absolute atomic E-state index is 12.6. The van der Waals surface area contributed by atoms with Crippen LogP contribution < -0.4 is 0 Å². The molecule has 112 valence electrons. The topological polar surface area (TPSA) is 51.2 Å². The molecule has 0 amide bonds. The van der Waals surface area contributed by atoms with Crippen molar-refractivity contribution < 1.29 is 13.2 Å². The molecule has 22 heavy (non-hydrogen) atoms. The van der Waals surface area contributed by atoms with Crippen LogP contribution >= 0.6 is 11.6 Å². The predicted octanol–water partition coefficient (Wildman–Crippen LogP) is 3.83. The molecular weight excluding hydrogens is 320 g/mol. The quantitative estimate of drug-likeness (QED) is 0.840. The Bertz CT molecular complexity index is 894. The highest BCUT2D eigenvalue weighted by molar-refractivity contribution is 7.95. The normalized spacial score (nSPS) is 16.5. The molecule has 0 atom stereocenters. The molecule has 1 aliphatic rings. The summed E-state index contributed by atoms with van der Waals surface area (Å²) in [4.78, 5) is 12.9. The highest BCUT2D eigenvalue weighted by Crippen LogP contribution is 2.34. The first-order chi connectivity index (χ1) is 10.4. The zero-order valence-corrected chi connectivity index (χ0v) is 13.4. The summed E-state index contributed by atoms with van der Waals surface area (Å²) in [5.74, 6) is -0.224. The summed E-state index contributed by atoms with van der Waals surface area (Å²) in [5, 5.41) is 0.599. The fourth-order valence-electron chi connectivity index (χ4n) is 2.55. The summed E-state index contributed by atoms with van der Waals surface area (Å²) in [6, 6.07) is 13.4. The SMILES string of the molecule is CC1=C(Cc2ccc(Cl)cc2)C(=O)c2ccccc2S1(=O)=O. The Morgan fingerprint density at radius 3 is 2.32 bits per heavy atom. The number of ketones is 1. The number of hydrogen-bond acceptors (Lipinski definition) is 3. The number of benzene rings is 2. The van der Waals surface area contributed by atoms with Crippen LogP contribution in [-0.4, -0.2) is 14.2 Å². The van der Waals surface area contributed by atoms with Gasteiger partial charge in [-0.25, -0.2) is 8.42 Å². The van der Waals surface area contributed by atoms with Gasteiger partial charge in [0.05, 0.1) is 9.80 Å². The fourth-order valence-corrected chi connectivity index (χ4v) is 4.20. The standard InChI is InChI=1S/C17H13ClO3S/c1-11-15(10-12-6-8-13(18)9-7-12)17(19)14-4-2-3-5-16(14)22(11,20)21/h2-9H,10H2,1H3. The summed E-state index contributed by atoms with van der Waals surface area (Å²) in [6.45, 7) is 1.49. The van der Waals surface area contributed by atoms with Gasteiger partial charge in [-0.05, 0) is 36.8 Å². The smallest absolute Gasteiger partial charge is 0.203 e. The van der Waals surface area contributed by atoms with Crippen molar-refractivity contribution in [3.8, 4) is 0 Å². The number of halogens is 1. The zero-order valence-electron chi connectivity index (χ0n) is 11.8. The van der Waals surface area contributed by atoms with E-state index in [1.54, 1.807) is 42.5 Å². The molecular formula is C17H13ClO3S. The summed E-state index contributed by atoms with van der Waals surface area (Å²) in [5.41, 5.74) is 1.42. The summed E-state index contributed by atoms with van der Waals surface area (Å²) < 4.78 is 25.1. The molecule has 2 aromatic carbocycles. The van der Waals surface area contributed by atoms with Gasteiger partial charge in [0.2, 0.25) is 9.84 Å². The summed E-state index contributed by atoms with van der Waals surface area (Å²) in [7, 11) is -3.60. The Morgan fingerprint density at radius 2 is 1.64 bits per heavy atom. The van der Waals surface area contributed by atoms with Crippen LogP contribution in [0.25, 0.3) is 0 Å². The molecule has 0 fully saturated rings. The minimum Gasteiger partial charge on any atom is -0.289 e. The van der Waals surface area contributed by atoms with Crippen molar-refractivity contribution in [2.24, 2.45) is 0 Å². The first-order valence-electron chi connectivity index (χ1n) is 6.74. The van der Waals surface area contributed by atoms with E-state index in [-0.39, 0.29) is 27.6 Å². The van der Waals surface area contributed by atoms with Crippen molar-refractivity contribution in [3.05, 3.63) is 75.2 Å². The van der Waals surface area contributed by atoms with Crippen LogP contribution in [0.2, 0.25) is 5.02 Å². The summed E-state index contributed by atoms with van der Waals surface area (Å²) in [6.07, 6.45) is 0.273. The lowest BCUT2D eigenvalue weighted by Crippen LogP contribution is -2.22. The number of sulfone groups is 1. The number of rotatable bonds is 2. The first-order valence-corrected chi connectivity index (χ1v) is 8.60. The molecule has 1 heterocycles. The van der Waals surface area contributed by atoms with Gasteiger partial charge in [0.25, 0.3) is 0 Å². The van der Waals surface area contributed by atoms with E-state index in [2.05, 4.69) is 0 Å². The van der Waals surface area contributed by atoms with Crippen LogP contribution in [0.3, 0.4) is 0 Å². The molecule has 0 N–H and O–H groups in total. The predicted molar refractivity (Wildman–Crippen MR) is 85.8 cm³/mol. The molecule has 0 saturated carbocycles. The third-order valence-corrected chi connectivity index (χ3v) is 6.06. The number of carbonyl (C=O) groups excluding carboxylic acids is 1. The van der Waals surface area contributed by atoms with Crippen molar-refractivity contribution in [1.82, 2.24) is 0 Å². The van der Waals surface area contributed by atoms with Crippen LogP contribution in [0, 0.1) is 0 Å². The van der Waals surface area contributed by atoms with Crippen molar-refractivity contribution >= 4 is 27.2 Å². The minimum atomic E-state index is -3.60. The number of carbonyl (C=O) groups is 1. The first kappa shape index (κ1) is 15.0. The van der Waals surface area contributed by atoms with Crippen molar-refractivity contribution in [1.29, 1.82) is 0 Å². The van der Waals surface area contributed by atoms with Gasteiger partial charge in [-0.2, -0.15) is 0 Å². The lowest BCUT2D eigenvalue weighted by atomic mass is 9.96. The molecule has 1 aliphatic heterocycles. The van der Waals surface area contributed by atoms with E-state index in [0.717, 1.165) is 5.56 Å². The maximum atomic E-state index is 12.6. The Hall–Kier alpha value is -1.91. The van der Waals surface area contributed by atoms with Crippen LogP contribution in [0.4, 0.5) is 0 Å². The Labute approximate surface area is 134 Å². The van der Waals surface area contributed by atoms with Crippen LogP contribution in [0.15, 0.2) is 63.9 Å². The van der Waals surface area contributed by atoms with E-state index >= 15 is 0 Å². The van der Waals surface area contributed by atoms with Crippen LogP contribution in [-0.2, 0) is 16.3 Å². The zero-order chi connectivity index (χ0) is 15.9. The number of fused-ring (bicyclic) bond motifs is 1. The van der Waals surface area contributed by atoms with E-state index in [4.69, 9.17) is 11.6 Å². The van der Waals surface area contributed by atoms with Crippen LogP contribution in [0.5, 0.6) is 0 Å². The highest BCUT2D eigenvalue weighted by atomic mass is 35.5. The third-order valence-electron chi connectivity index (χ3n) is 3.82. The maximum Gasteiger partial charge on any atom is 0.203 e. The van der Waals surface area contributed by atoms with Crippen molar-refractivity contribution in [2.45, 2.75) is 18.2 Å². The van der Waals surface area contributed by atoms with Crippen molar-refractivity contribution in [2.75, 3.05) is 0 Å². The van der Waals surface area contributed by atoms with E-state index in [0.29, 0.717) is 10.6 Å². The molecule has 0 spiro atoms. The van der Waals surface area contributed by atoms with E-state index in [1.165, 1.54) is 13.0 Å². The van der Waals surface area contributed by atoms with Gasteiger partial charge in [-0.3, -0.25) is 4.79 Å². The second-order valence-corrected chi connectivity index (χ2v) is 7.66. The van der Waals surface area contributed by atoms with Crippen molar-refractivity contribution in [3.63, 3.8) is 0 Å². The van der Waals surface area contributed by atoms with Gasteiger partial charge in [0.15, 0.2) is 5.78 Å². The van der Waals surface area contributed by atoms with Gasteiger partial charge in [-0.15, -0.1) is 0 Å². The largest absolute Gasteiger partial charge is 0.289 e. The third kappa shape index (κ3) is 2.38. The van der Waals surface area contributed by atoms with Crippen LogP contribution in [0.1, 0.15) is 22.8 Å². The van der Waals surface area contributed by atoms with Gasteiger partial charge in [-0.1, -0.05) is 35.9 Å². The molecule has 3 nitrogen and oxygen atoms in total. The second-order valence-electron chi connectivity index (χ2n) is 5.17. The second kappa shape index (κ2) is 5.38. The molecule has 0 bridgehead atoms. The number of allylic oxidation sites excluding steroid dienone is 2. The van der Waals surface area contributed by atoms with Gasteiger partial charge < -0.3 is 0 Å².